The van der Waals surface area contributed by atoms with Crippen LogP contribution >= 0.6 is 0 Å². The number of halogens is 3. The zero-order chi connectivity index (χ0) is 49.1. The van der Waals surface area contributed by atoms with E-state index in [-0.39, 0.29) is 48.5 Å². The Kier molecular flexibility index (Phi) is 10.6. The molecule has 9 heteroatoms. The third-order valence-electron chi connectivity index (χ3n) is 14.6. The largest absolute Gasteiger partial charge is 0.509 e. The molecule has 0 fully saturated rings. The maximum absolute atomic E-state index is 14.1. The van der Waals surface area contributed by atoms with Crippen LogP contribution in [0.5, 0.6) is 11.5 Å². The molecular weight excluding hydrogens is 1060 g/mol. The zero-order valence-electron chi connectivity index (χ0n) is 42.1. The molecule has 0 atom stereocenters. The first kappa shape index (κ1) is 47.8. The van der Waals surface area contributed by atoms with Gasteiger partial charge < -0.3 is 19.1 Å². The van der Waals surface area contributed by atoms with E-state index in [1.165, 1.54) is 56.3 Å². The molecule has 0 bridgehead atoms. The number of anilines is 3. The van der Waals surface area contributed by atoms with Crippen LogP contribution in [0.15, 0.2) is 109 Å². The number of alkyl halides is 3. The average molecular weight is 1120 g/mol. The second kappa shape index (κ2) is 15.6. The molecule has 8 aromatic rings. The van der Waals surface area contributed by atoms with Gasteiger partial charge in [-0.3, -0.25) is 0 Å². The van der Waals surface area contributed by atoms with Crippen LogP contribution in [0.1, 0.15) is 133 Å². The number of para-hydroxylation sites is 2. The Hall–Kier alpha value is -5.85. The summed E-state index contributed by atoms with van der Waals surface area (Å²) in [5.41, 5.74) is 15.0. The van der Waals surface area contributed by atoms with E-state index >= 15 is 0 Å². The number of rotatable bonds is 3. The molecule has 5 nitrogen and oxygen atoms in total. The van der Waals surface area contributed by atoms with Crippen LogP contribution in [-0.2, 0) is 54.3 Å². The molecular formula is C61H58F3N4OPt-3. The Labute approximate surface area is 425 Å². The molecule has 3 aliphatic rings. The number of fused-ring (bicyclic) bond motifs is 12. The first-order valence-corrected chi connectivity index (χ1v) is 23.9. The van der Waals surface area contributed by atoms with Gasteiger partial charge in [-0.25, -0.2) is 4.98 Å². The number of hydrogen-bond donors (Lipinski definition) is 0. The zero-order valence-corrected chi connectivity index (χ0v) is 44.4. The van der Waals surface area contributed by atoms with Crippen molar-refractivity contribution >= 4 is 38.9 Å². The molecule has 70 heavy (non-hydrogen) atoms. The molecule has 0 N–H and O–H groups in total. The van der Waals surface area contributed by atoms with Gasteiger partial charge in [0.05, 0.1) is 5.56 Å². The van der Waals surface area contributed by atoms with E-state index < -0.39 is 17.2 Å². The van der Waals surface area contributed by atoms with Crippen molar-refractivity contribution in [1.29, 1.82) is 0 Å². The third kappa shape index (κ3) is 7.08. The molecule has 2 aliphatic heterocycles. The van der Waals surface area contributed by atoms with Crippen molar-refractivity contribution in [2.75, 3.05) is 16.8 Å². The predicted molar refractivity (Wildman–Crippen MR) is 275 cm³/mol. The minimum absolute atomic E-state index is 0. The van der Waals surface area contributed by atoms with E-state index in [4.69, 9.17) is 4.74 Å². The first-order valence-electron chi connectivity index (χ1n) is 23.9. The van der Waals surface area contributed by atoms with Gasteiger partial charge in [0.25, 0.3) is 0 Å². The van der Waals surface area contributed by atoms with E-state index in [1.54, 1.807) is 4.57 Å². The molecule has 6 aromatic carbocycles. The normalized spacial score (nSPS) is 15.0. The third-order valence-corrected chi connectivity index (χ3v) is 14.6. The fourth-order valence-corrected chi connectivity index (χ4v) is 11.2. The van der Waals surface area contributed by atoms with E-state index in [0.29, 0.717) is 22.5 Å². The van der Waals surface area contributed by atoms with E-state index in [2.05, 4.69) is 172 Å². The van der Waals surface area contributed by atoms with Gasteiger partial charge in [0.15, 0.2) is 0 Å². The second-order valence-electron chi connectivity index (χ2n) is 23.4. The van der Waals surface area contributed by atoms with Gasteiger partial charge in [-0.15, -0.1) is 35.2 Å². The number of benzene rings is 6. The number of ether oxygens (including phenoxy) is 1. The van der Waals surface area contributed by atoms with Crippen LogP contribution in [0.25, 0.3) is 38.8 Å². The van der Waals surface area contributed by atoms with E-state index in [1.807, 2.05) is 42.5 Å². The van der Waals surface area contributed by atoms with Crippen molar-refractivity contribution in [3.8, 4) is 28.4 Å². The molecule has 1 aliphatic carbocycles. The number of hydrogen-bond acceptors (Lipinski definition) is 4. The minimum atomic E-state index is -4.53. The fraction of sp³-hybridized carbons (Fsp3) is 0.311. The molecule has 0 amide bonds. The molecule has 0 saturated heterocycles. The predicted octanol–water partition coefficient (Wildman–Crippen LogP) is 16.2. The number of pyridine rings is 1. The van der Waals surface area contributed by atoms with Gasteiger partial charge in [-0.1, -0.05) is 149 Å². The summed E-state index contributed by atoms with van der Waals surface area (Å²) in [5, 5.41) is 1.69. The minimum Gasteiger partial charge on any atom is -0.509 e. The van der Waals surface area contributed by atoms with Gasteiger partial charge in [0.1, 0.15) is 5.82 Å². The monoisotopic (exact) mass is 1110 g/mol. The summed E-state index contributed by atoms with van der Waals surface area (Å²) in [7, 11) is 2.10. The fourth-order valence-electron chi connectivity index (χ4n) is 11.2. The van der Waals surface area contributed by atoms with Crippen molar-refractivity contribution in [2.45, 2.75) is 116 Å². The van der Waals surface area contributed by atoms with Crippen LogP contribution in [0.3, 0.4) is 0 Å². The Balaban J connectivity index is 0.00000567. The smallest absolute Gasteiger partial charge is 0.416 e. The SMILES string of the molecule is CN1[CH-]N2c3[c-]c(Oc4[c-]c5c(cc4)c4ccccc4n5-c4cc(C(F)(F)F)ccn4)ccc3C3(c4cccc1c42)c1c(cc(C(C)(C)C)cc1C(C)(C)C)-c1cc(C(C)(C)C)cc(C(C)(C)C)c13.[Pt]. The average Bonchev–Trinajstić information content (AvgIpc) is 3.89. The first-order chi connectivity index (χ1) is 32.3. The summed E-state index contributed by atoms with van der Waals surface area (Å²) < 4.78 is 50.7. The Bertz CT molecular complexity index is 3380. The summed E-state index contributed by atoms with van der Waals surface area (Å²) in [6.45, 7) is 30.1. The topological polar surface area (TPSA) is 33.5 Å². The summed E-state index contributed by atoms with van der Waals surface area (Å²) >= 11 is 0. The molecule has 1 spiro atoms. The van der Waals surface area contributed by atoms with Gasteiger partial charge >= 0.3 is 6.18 Å². The summed E-state index contributed by atoms with van der Waals surface area (Å²) in [4.78, 5) is 8.91. The number of nitrogens with zero attached hydrogens (tertiary/aromatic N) is 4. The molecule has 362 valence electrons. The Morgan fingerprint density at radius 2 is 1.20 bits per heavy atom. The van der Waals surface area contributed by atoms with E-state index in [9.17, 15) is 13.2 Å². The Morgan fingerprint density at radius 1 is 0.600 bits per heavy atom. The van der Waals surface area contributed by atoms with Gasteiger partial charge in [-0.05, 0) is 108 Å². The second-order valence-corrected chi connectivity index (χ2v) is 23.4. The van der Waals surface area contributed by atoms with Crippen molar-refractivity contribution in [3.05, 3.63) is 178 Å². The van der Waals surface area contributed by atoms with Crippen LogP contribution in [0.4, 0.5) is 30.2 Å². The van der Waals surface area contributed by atoms with Crippen molar-refractivity contribution < 1.29 is 39.0 Å². The molecule has 2 aromatic heterocycles. The molecule has 4 heterocycles. The quantitative estimate of drug-likeness (QED) is 0.165. The maximum Gasteiger partial charge on any atom is 0.416 e. The van der Waals surface area contributed by atoms with Crippen molar-refractivity contribution in [2.24, 2.45) is 0 Å². The molecule has 0 radical (unpaired) electrons. The van der Waals surface area contributed by atoms with Crippen molar-refractivity contribution in [1.82, 2.24) is 9.55 Å². The Morgan fingerprint density at radius 3 is 1.80 bits per heavy atom. The van der Waals surface area contributed by atoms with Gasteiger partial charge in [0.2, 0.25) is 0 Å². The van der Waals surface area contributed by atoms with Crippen LogP contribution in [0, 0.1) is 18.8 Å². The molecule has 0 unspecified atom stereocenters. The standard InChI is InChI=1S/C61H58F3N4O.Pt/c1-56(2,3)36-27-42-43-28-37(57(4,5)6)30-47(59(10,11)12)54(43)60(53(42)46(29-36)58(7,8)9)44-24-22-39(33-51(44)67-34-66(13)49-20-16-18-45(60)55(49)67)69-38-21-23-41-40-17-14-15-19-48(40)68(50(41)32-38)52-31-35(25-26-65-52)61(62,63)64;/h14-31,34H,1-13H3;/q-3;. The summed E-state index contributed by atoms with van der Waals surface area (Å²) in [6, 6.07) is 41.8. The molecule has 11 rings (SSSR count). The van der Waals surface area contributed by atoms with Crippen LogP contribution in [0.2, 0.25) is 0 Å². The maximum atomic E-state index is 14.1. The van der Waals surface area contributed by atoms with Crippen LogP contribution < -0.4 is 14.5 Å². The molecule has 0 saturated carbocycles. The number of aromatic nitrogens is 2. The van der Waals surface area contributed by atoms with E-state index in [0.717, 1.165) is 45.5 Å². The van der Waals surface area contributed by atoms with Crippen LogP contribution in [-0.4, -0.2) is 16.6 Å². The van der Waals surface area contributed by atoms with Gasteiger partial charge in [0, 0.05) is 61.1 Å². The van der Waals surface area contributed by atoms with Gasteiger partial charge in [-0.2, -0.15) is 32.0 Å². The van der Waals surface area contributed by atoms with Crippen molar-refractivity contribution in [3.63, 3.8) is 0 Å². The summed E-state index contributed by atoms with van der Waals surface area (Å²) in [5.74, 6) is 1.03. The summed E-state index contributed by atoms with van der Waals surface area (Å²) in [6.07, 6.45) is -3.33.